The van der Waals surface area contributed by atoms with Gasteiger partial charge in [0.15, 0.2) is 5.78 Å². The molecule has 0 heterocycles. The SMILES string of the molecule is CC(C)C1=CC(=O)[C@@](C)(Cl)[C@@H](Cl)C1=NS(=O)(=O)c1ccccc1. The van der Waals surface area contributed by atoms with Gasteiger partial charge in [0.05, 0.1) is 10.6 Å². The van der Waals surface area contributed by atoms with Crippen molar-refractivity contribution in [3.63, 3.8) is 0 Å². The third kappa shape index (κ3) is 3.52. The van der Waals surface area contributed by atoms with Crippen molar-refractivity contribution in [2.75, 3.05) is 0 Å². The van der Waals surface area contributed by atoms with Gasteiger partial charge in [-0.1, -0.05) is 32.0 Å². The molecule has 1 aromatic rings. The molecular formula is C16H17Cl2NO3S. The number of nitrogens with zero attached hydrogens (tertiary/aromatic N) is 1. The summed E-state index contributed by atoms with van der Waals surface area (Å²) in [6, 6.07) is 7.84. The Hall–Kier alpha value is -1.17. The normalized spacial score (nSPS) is 27.4. The van der Waals surface area contributed by atoms with Crippen LogP contribution in [0.3, 0.4) is 0 Å². The Bertz CT molecular complexity index is 781. The van der Waals surface area contributed by atoms with E-state index in [1.807, 2.05) is 13.8 Å². The minimum absolute atomic E-state index is 0.0626. The number of sulfonamides is 1. The number of carbonyl (C=O) groups excluding carboxylic acids is 1. The lowest BCUT2D eigenvalue weighted by molar-refractivity contribution is -0.116. The van der Waals surface area contributed by atoms with Crippen molar-refractivity contribution in [3.05, 3.63) is 42.0 Å². The van der Waals surface area contributed by atoms with Crippen LogP contribution in [0.15, 0.2) is 51.3 Å². The molecule has 2 rings (SSSR count). The number of benzene rings is 1. The van der Waals surface area contributed by atoms with Crippen molar-refractivity contribution in [1.29, 1.82) is 0 Å². The van der Waals surface area contributed by atoms with E-state index in [-0.39, 0.29) is 22.3 Å². The van der Waals surface area contributed by atoms with Crippen LogP contribution in [0.5, 0.6) is 0 Å². The lowest BCUT2D eigenvalue weighted by atomic mass is 9.82. The van der Waals surface area contributed by atoms with Gasteiger partial charge in [-0.05, 0) is 36.6 Å². The minimum Gasteiger partial charge on any atom is -0.293 e. The molecule has 124 valence electrons. The van der Waals surface area contributed by atoms with Crippen LogP contribution >= 0.6 is 23.2 Å². The van der Waals surface area contributed by atoms with Gasteiger partial charge >= 0.3 is 0 Å². The molecule has 23 heavy (non-hydrogen) atoms. The number of hydrogen-bond donors (Lipinski definition) is 0. The first kappa shape index (κ1) is 18.2. The van der Waals surface area contributed by atoms with E-state index in [4.69, 9.17) is 23.2 Å². The van der Waals surface area contributed by atoms with Gasteiger partial charge in [0, 0.05) is 0 Å². The van der Waals surface area contributed by atoms with Crippen molar-refractivity contribution < 1.29 is 13.2 Å². The molecule has 7 heteroatoms. The number of halogens is 2. The second kappa shape index (κ2) is 6.38. The fourth-order valence-electron chi connectivity index (χ4n) is 2.22. The summed E-state index contributed by atoms with van der Waals surface area (Å²) in [6.45, 7) is 5.14. The molecule has 0 fully saturated rings. The maximum atomic E-state index is 12.5. The molecule has 0 saturated carbocycles. The molecule has 4 nitrogen and oxygen atoms in total. The Morgan fingerprint density at radius 2 is 1.78 bits per heavy atom. The lowest BCUT2D eigenvalue weighted by Crippen LogP contribution is -2.47. The van der Waals surface area contributed by atoms with Gasteiger partial charge in [-0.15, -0.1) is 23.2 Å². The molecule has 0 aliphatic heterocycles. The highest BCUT2D eigenvalue weighted by molar-refractivity contribution is 7.90. The van der Waals surface area contributed by atoms with Gasteiger partial charge in [0.2, 0.25) is 0 Å². The van der Waals surface area contributed by atoms with Crippen molar-refractivity contribution >= 4 is 44.7 Å². The zero-order chi connectivity index (χ0) is 17.4. The summed E-state index contributed by atoms with van der Waals surface area (Å²) in [5, 5.41) is -1.03. The lowest BCUT2D eigenvalue weighted by Gasteiger charge is -2.32. The average Bonchev–Trinajstić information content (AvgIpc) is 2.49. The van der Waals surface area contributed by atoms with E-state index in [0.717, 1.165) is 0 Å². The summed E-state index contributed by atoms with van der Waals surface area (Å²) >= 11 is 12.5. The van der Waals surface area contributed by atoms with Crippen molar-refractivity contribution in [2.24, 2.45) is 10.3 Å². The average molecular weight is 374 g/mol. The summed E-state index contributed by atoms with van der Waals surface area (Å²) < 4.78 is 28.9. The quantitative estimate of drug-likeness (QED) is 0.760. The van der Waals surface area contributed by atoms with E-state index >= 15 is 0 Å². The zero-order valence-corrected chi connectivity index (χ0v) is 15.3. The summed E-state index contributed by atoms with van der Waals surface area (Å²) in [7, 11) is -3.93. The van der Waals surface area contributed by atoms with Gasteiger partial charge in [0.1, 0.15) is 10.3 Å². The Kier molecular flexibility index (Phi) is 5.04. The number of allylic oxidation sites excluding steroid dienone is 2. The topological polar surface area (TPSA) is 63.6 Å². The Morgan fingerprint density at radius 1 is 1.22 bits per heavy atom. The molecule has 0 amide bonds. The van der Waals surface area contributed by atoms with Crippen LogP contribution in [-0.2, 0) is 14.8 Å². The molecule has 1 aliphatic carbocycles. The van der Waals surface area contributed by atoms with Crippen LogP contribution in [0, 0.1) is 5.92 Å². The highest BCUT2D eigenvalue weighted by Gasteiger charge is 2.46. The van der Waals surface area contributed by atoms with Gasteiger partial charge in [-0.3, -0.25) is 4.79 Å². The third-order valence-electron chi connectivity index (χ3n) is 3.66. The summed E-state index contributed by atoms with van der Waals surface area (Å²) in [4.78, 5) is 10.8. The van der Waals surface area contributed by atoms with E-state index in [1.165, 1.54) is 25.1 Å². The predicted octanol–water partition coefficient (Wildman–Crippen LogP) is 3.59. The van der Waals surface area contributed by atoms with Gasteiger partial charge in [-0.25, -0.2) is 0 Å². The molecule has 2 atom stereocenters. The largest absolute Gasteiger partial charge is 0.293 e. The van der Waals surface area contributed by atoms with Gasteiger partial charge in [0.25, 0.3) is 10.0 Å². The monoisotopic (exact) mass is 373 g/mol. The second-order valence-corrected chi connectivity index (χ2v) is 8.65. The molecule has 0 unspecified atom stereocenters. The Labute approximate surface area is 146 Å². The number of carbonyl (C=O) groups is 1. The van der Waals surface area contributed by atoms with Crippen LogP contribution in [0.2, 0.25) is 0 Å². The van der Waals surface area contributed by atoms with Crippen LogP contribution < -0.4 is 0 Å². The smallest absolute Gasteiger partial charge is 0.282 e. The number of hydrogen-bond acceptors (Lipinski definition) is 3. The molecule has 1 aromatic carbocycles. The van der Waals surface area contributed by atoms with Crippen LogP contribution in [0.1, 0.15) is 20.8 Å². The molecule has 0 radical (unpaired) electrons. The molecule has 0 bridgehead atoms. The predicted molar refractivity (Wildman–Crippen MR) is 92.9 cm³/mol. The van der Waals surface area contributed by atoms with Crippen LogP contribution in [-0.4, -0.2) is 30.2 Å². The Morgan fingerprint density at radius 3 is 2.30 bits per heavy atom. The maximum Gasteiger partial charge on any atom is 0.282 e. The van der Waals surface area contributed by atoms with E-state index in [2.05, 4.69) is 4.40 Å². The summed E-state index contributed by atoms with van der Waals surface area (Å²) in [5.41, 5.74) is 0.621. The first-order valence-electron chi connectivity index (χ1n) is 7.06. The molecule has 0 saturated heterocycles. The molecular weight excluding hydrogens is 357 g/mol. The standard InChI is InChI=1S/C16H17Cl2NO3S/c1-10(2)12-9-13(20)16(3,18)15(17)14(12)19-23(21,22)11-7-5-4-6-8-11/h4-10,15H,1-3H3/t15-,16+/m0/s1. The molecule has 1 aliphatic rings. The first-order chi connectivity index (χ1) is 10.6. The van der Waals surface area contributed by atoms with Crippen molar-refractivity contribution in [2.45, 2.75) is 35.9 Å². The zero-order valence-electron chi connectivity index (χ0n) is 13.0. The summed E-state index contributed by atoms with van der Waals surface area (Å²) in [5.74, 6) is -0.461. The fraction of sp³-hybridized carbons (Fsp3) is 0.375. The van der Waals surface area contributed by atoms with E-state index in [1.54, 1.807) is 18.2 Å². The minimum atomic E-state index is -3.93. The first-order valence-corrected chi connectivity index (χ1v) is 9.32. The summed E-state index contributed by atoms with van der Waals surface area (Å²) in [6.07, 6.45) is 1.34. The van der Waals surface area contributed by atoms with Gasteiger partial charge < -0.3 is 0 Å². The fourth-order valence-corrected chi connectivity index (χ4v) is 3.79. The molecule has 0 aromatic heterocycles. The number of alkyl halides is 2. The Balaban J connectivity index is 2.63. The second-order valence-electron chi connectivity index (χ2n) is 5.82. The molecule has 0 spiro atoms. The maximum absolute atomic E-state index is 12.5. The molecule has 0 N–H and O–H groups in total. The van der Waals surface area contributed by atoms with E-state index in [9.17, 15) is 13.2 Å². The number of rotatable bonds is 3. The van der Waals surface area contributed by atoms with Crippen molar-refractivity contribution in [3.8, 4) is 0 Å². The third-order valence-corrected chi connectivity index (χ3v) is 6.13. The van der Waals surface area contributed by atoms with Crippen molar-refractivity contribution in [1.82, 2.24) is 0 Å². The number of ketones is 1. The highest BCUT2D eigenvalue weighted by Crippen LogP contribution is 2.36. The van der Waals surface area contributed by atoms with Gasteiger partial charge in [-0.2, -0.15) is 12.8 Å². The van der Waals surface area contributed by atoms with Crippen LogP contribution in [0.4, 0.5) is 0 Å². The van der Waals surface area contributed by atoms with E-state index < -0.39 is 20.3 Å². The highest BCUT2D eigenvalue weighted by atomic mass is 35.5. The van der Waals surface area contributed by atoms with E-state index in [0.29, 0.717) is 5.57 Å². The van der Waals surface area contributed by atoms with Crippen LogP contribution in [0.25, 0.3) is 0 Å².